The van der Waals surface area contributed by atoms with Crippen molar-refractivity contribution in [1.29, 1.82) is 0 Å². The molecule has 0 bridgehead atoms. The number of likely N-dealkylation sites (N-methyl/N-ethyl adjacent to an activating group) is 1. The molecule has 1 aromatic carbocycles. The number of benzene rings is 1. The van der Waals surface area contributed by atoms with Gasteiger partial charge in [-0.05, 0) is 18.1 Å². The number of nitrogens with one attached hydrogen (secondary N) is 1. The van der Waals surface area contributed by atoms with E-state index in [4.69, 9.17) is 0 Å². The number of nitrogens with zero attached hydrogens (tertiary/aromatic N) is 2. The van der Waals surface area contributed by atoms with E-state index in [0.29, 0.717) is 0 Å². The van der Waals surface area contributed by atoms with Crippen molar-refractivity contribution in [3.63, 3.8) is 0 Å². The summed E-state index contributed by atoms with van der Waals surface area (Å²) in [6.45, 7) is 6.57. The monoisotopic (exact) mass is 244 g/mol. The summed E-state index contributed by atoms with van der Waals surface area (Å²) in [7, 11) is 2.24. The fourth-order valence-corrected chi connectivity index (χ4v) is 2.01. The lowest BCUT2D eigenvalue weighted by Crippen LogP contribution is -3.11. The maximum absolute atomic E-state index is 4.54. The zero-order valence-corrected chi connectivity index (χ0v) is 11.3. The van der Waals surface area contributed by atoms with E-state index in [1.165, 1.54) is 24.2 Å². The highest BCUT2D eigenvalue weighted by atomic mass is 15.5. The molecule has 0 atom stereocenters. The van der Waals surface area contributed by atoms with Crippen molar-refractivity contribution in [2.75, 3.05) is 33.2 Å². The van der Waals surface area contributed by atoms with Crippen LogP contribution in [0.15, 0.2) is 41.0 Å². The number of piperazine rings is 1. The summed E-state index contributed by atoms with van der Waals surface area (Å²) in [6, 6.07) is 10.4. The molecule has 1 heterocycles. The number of allylic oxidation sites excluding steroid dienone is 1. The molecule has 3 heteroatoms. The number of hydrogen-bond acceptors (Lipinski definition) is 2. The molecule has 0 spiro atoms. The Bertz CT molecular complexity index is 415. The summed E-state index contributed by atoms with van der Waals surface area (Å²) in [4.78, 5) is 1.60. The molecule has 1 aliphatic rings. The lowest BCUT2D eigenvalue weighted by molar-refractivity contribution is -0.884. The third-order valence-electron chi connectivity index (χ3n) is 3.21. The maximum atomic E-state index is 4.54. The first-order valence-electron chi connectivity index (χ1n) is 6.57. The van der Waals surface area contributed by atoms with Crippen LogP contribution < -0.4 is 4.90 Å². The van der Waals surface area contributed by atoms with Crippen LogP contribution in [0.2, 0.25) is 0 Å². The van der Waals surface area contributed by atoms with Gasteiger partial charge in [0.05, 0.1) is 33.2 Å². The topological polar surface area (TPSA) is 20.0 Å². The molecule has 0 unspecified atom stereocenters. The van der Waals surface area contributed by atoms with Gasteiger partial charge < -0.3 is 4.90 Å². The highest BCUT2D eigenvalue weighted by Gasteiger charge is 2.13. The van der Waals surface area contributed by atoms with Gasteiger partial charge in [-0.3, -0.25) is 5.01 Å². The van der Waals surface area contributed by atoms with Crippen molar-refractivity contribution in [1.82, 2.24) is 5.01 Å². The predicted octanol–water partition coefficient (Wildman–Crippen LogP) is 0.906. The van der Waals surface area contributed by atoms with Gasteiger partial charge in [0.25, 0.3) is 0 Å². The highest BCUT2D eigenvalue weighted by molar-refractivity contribution is 5.84. The van der Waals surface area contributed by atoms with E-state index >= 15 is 0 Å². The van der Waals surface area contributed by atoms with E-state index in [9.17, 15) is 0 Å². The van der Waals surface area contributed by atoms with E-state index in [1.807, 2.05) is 12.3 Å². The van der Waals surface area contributed by atoms with E-state index < -0.39 is 0 Å². The molecule has 1 N–H and O–H groups in total. The molecule has 3 nitrogen and oxygen atoms in total. The van der Waals surface area contributed by atoms with Gasteiger partial charge in [-0.2, -0.15) is 5.10 Å². The molecule has 0 saturated carbocycles. The first-order chi connectivity index (χ1) is 8.74. The lowest BCUT2D eigenvalue weighted by atomic mass is 10.1. The van der Waals surface area contributed by atoms with Crippen LogP contribution in [0.5, 0.6) is 0 Å². The lowest BCUT2D eigenvalue weighted by Gasteiger charge is -2.27. The second-order valence-electron chi connectivity index (χ2n) is 4.95. The van der Waals surface area contributed by atoms with Gasteiger partial charge in [0.2, 0.25) is 0 Å². The van der Waals surface area contributed by atoms with E-state index in [2.05, 4.69) is 54.4 Å². The Balaban J connectivity index is 1.91. The van der Waals surface area contributed by atoms with E-state index in [-0.39, 0.29) is 0 Å². The Kier molecular flexibility index (Phi) is 4.53. The first kappa shape index (κ1) is 12.8. The molecule has 0 amide bonds. The standard InChI is InChI=1S/C15H21N3/c1-14(12-15-6-4-3-5-7-15)13-16-18-10-8-17(2)9-11-18/h3-7,12-13H,8-11H2,1-2H3/p+1/b14-12+,16-13-. The number of quaternary nitrogens is 1. The Labute approximate surface area is 109 Å². The minimum atomic E-state index is 1.06. The van der Waals surface area contributed by atoms with Crippen LogP contribution in [0.25, 0.3) is 6.08 Å². The molecule has 18 heavy (non-hydrogen) atoms. The van der Waals surface area contributed by atoms with Gasteiger partial charge in [-0.15, -0.1) is 0 Å². The van der Waals surface area contributed by atoms with Gasteiger partial charge in [0.1, 0.15) is 0 Å². The highest BCUT2D eigenvalue weighted by Crippen LogP contribution is 2.04. The van der Waals surface area contributed by atoms with Gasteiger partial charge in [-0.25, -0.2) is 0 Å². The second kappa shape index (κ2) is 6.36. The average Bonchev–Trinajstić information content (AvgIpc) is 2.39. The summed E-state index contributed by atoms with van der Waals surface area (Å²) < 4.78 is 0. The number of hydrazone groups is 1. The SMILES string of the molecule is CC(/C=N\N1CC[NH+](C)CC1)=C\c1ccccc1. The minimum Gasteiger partial charge on any atom is -0.334 e. The number of rotatable bonds is 3. The fourth-order valence-electron chi connectivity index (χ4n) is 2.01. The molecule has 1 aromatic rings. The van der Waals surface area contributed by atoms with E-state index in [0.717, 1.165) is 13.1 Å². The second-order valence-corrected chi connectivity index (χ2v) is 4.95. The molecule has 96 valence electrons. The molecule has 1 aliphatic heterocycles. The molecular weight excluding hydrogens is 222 g/mol. The van der Waals surface area contributed by atoms with Gasteiger partial charge in [0.15, 0.2) is 0 Å². The zero-order chi connectivity index (χ0) is 12.8. The van der Waals surface area contributed by atoms with Crippen LogP contribution in [0.4, 0.5) is 0 Å². The van der Waals surface area contributed by atoms with Crippen molar-refractivity contribution >= 4 is 12.3 Å². The van der Waals surface area contributed by atoms with Crippen LogP contribution in [-0.4, -0.2) is 44.5 Å². The summed E-state index contributed by atoms with van der Waals surface area (Å²) in [6.07, 6.45) is 4.12. The van der Waals surface area contributed by atoms with Crippen molar-refractivity contribution in [3.05, 3.63) is 41.5 Å². The minimum absolute atomic E-state index is 1.06. The Morgan fingerprint density at radius 3 is 2.56 bits per heavy atom. The summed E-state index contributed by atoms with van der Waals surface area (Å²) in [5.74, 6) is 0. The largest absolute Gasteiger partial charge is 0.334 e. The fraction of sp³-hybridized carbons (Fsp3) is 0.400. The Morgan fingerprint density at radius 2 is 1.89 bits per heavy atom. The Hall–Kier alpha value is -1.61. The van der Waals surface area contributed by atoms with Crippen LogP contribution in [0.1, 0.15) is 12.5 Å². The number of hydrogen-bond donors (Lipinski definition) is 1. The summed E-state index contributed by atoms with van der Waals surface area (Å²) >= 11 is 0. The molecule has 0 radical (unpaired) electrons. The molecule has 2 rings (SSSR count). The van der Waals surface area contributed by atoms with Crippen LogP contribution in [0, 0.1) is 0 Å². The normalized spacial score (nSPS) is 18.6. The third kappa shape index (κ3) is 4.00. The van der Waals surface area contributed by atoms with Crippen LogP contribution in [0.3, 0.4) is 0 Å². The Morgan fingerprint density at radius 1 is 1.22 bits per heavy atom. The van der Waals surface area contributed by atoms with Gasteiger partial charge in [-0.1, -0.05) is 36.4 Å². The third-order valence-corrected chi connectivity index (χ3v) is 3.21. The molecule has 1 saturated heterocycles. The van der Waals surface area contributed by atoms with Crippen molar-refractivity contribution in [3.8, 4) is 0 Å². The van der Waals surface area contributed by atoms with Crippen molar-refractivity contribution in [2.24, 2.45) is 5.10 Å². The van der Waals surface area contributed by atoms with E-state index in [1.54, 1.807) is 4.90 Å². The smallest absolute Gasteiger partial charge is 0.0964 e. The molecule has 0 aliphatic carbocycles. The predicted molar refractivity (Wildman–Crippen MR) is 76.8 cm³/mol. The van der Waals surface area contributed by atoms with Gasteiger partial charge in [0, 0.05) is 6.21 Å². The van der Waals surface area contributed by atoms with Gasteiger partial charge >= 0.3 is 0 Å². The maximum Gasteiger partial charge on any atom is 0.0964 e. The average molecular weight is 244 g/mol. The molecule has 0 aromatic heterocycles. The van der Waals surface area contributed by atoms with Crippen LogP contribution in [-0.2, 0) is 0 Å². The molecular formula is C15H22N3+. The molecule has 1 fully saturated rings. The van der Waals surface area contributed by atoms with Crippen LogP contribution >= 0.6 is 0 Å². The zero-order valence-electron chi connectivity index (χ0n) is 11.3. The first-order valence-corrected chi connectivity index (χ1v) is 6.57. The summed E-state index contributed by atoms with van der Waals surface area (Å²) in [5, 5.41) is 6.70. The quantitative estimate of drug-likeness (QED) is 0.784. The van der Waals surface area contributed by atoms with Crippen molar-refractivity contribution in [2.45, 2.75) is 6.92 Å². The van der Waals surface area contributed by atoms with Crippen molar-refractivity contribution < 1.29 is 4.90 Å². The summed E-state index contributed by atoms with van der Waals surface area (Å²) in [5.41, 5.74) is 2.41.